The molecule has 1 aliphatic rings. The molecular weight excluding hydrogens is 440 g/mol. The summed E-state index contributed by atoms with van der Waals surface area (Å²) in [7, 11) is 0. The lowest BCUT2D eigenvalue weighted by Gasteiger charge is -2.08. The Labute approximate surface area is 194 Å². The van der Waals surface area contributed by atoms with E-state index in [1.165, 1.54) is 5.56 Å². The molecule has 6 heteroatoms. The number of esters is 1. The third kappa shape index (κ3) is 4.17. The number of rotatable bonds is 4. The fraction of sp³-hybridized carbons (Fsp3) is 0.0385. The summed E-state index contributed by atoms with van der Waals surface area (Å²) in [6, 6.07) is 25.3. The average Bonchev–Trinajstić information content (AvgIpc) is 3.16. The van der Waals surface area contributed by atoms with E-state index < -0.39 is 5.97 Å². The van der Waals surface area contributed by atoms with Gasteiger partial charge in [0.1, 0.15) is 5.03 Å². The predicted octanol–water partition coefficient (Wildman–Crippen LogP) is 6.69. The van der Waals surface area contributed by atoms with Gasteiger partial charge in [-0.25, -0.2) is 14.8 Å². The van der Waals surface area contributed by atoms with Crippen molar-refractivity contribution < 1.29 is 9.53 Å². The van der Waals surface area contributed by atoms with E-state index in [1.54, 1.807) is 30.0 Å². The summed E-state index contributed by atoms with van der Waals surface area (Å²) in [5, 5.41) is 2.24. The first-order valence-corrected chi connectivity index (χ1v) is 11.2. The minimum atomic E-state index is -0.514. The fourth-order valence-electron chi connectivity index (χ4n) is 3.32. The zero-order valence-electron chi connectivity index (χ0n) is 17.1. The maximum atomic E-state index is 12.6. The van der Waals surface area contributed by atoms with Gasteiger partial charge in [-0.05, 0) is 49.4 Å². The largest absolute Gasteiger partial charge is 0.402 e. The zero-order chi connectivity index (χ0) is 22.1. The molecule has 0 aliphatic carbocycles. The van der Waals surface area contributed by atoms with Crippen LogP contribution in [0.3, 0.4) is 0 Å². The molecule has 156 valence electrons. The molecule has 0 N–H and O–H groups in total. The second kappa shape index (κ2) is 8.61. The smallest absolute Gasteiger partial charge is 0.363 e. The average molecular weight is 457 g/mol. The van der Waals surface area contributed by atoms with Crippen LogP contribution in [0.1, 0.15) is 16.7 Å². The van der Waals surface area contributed by atoms with Crippen LogP contribution in [0.15, 0.2) is 99.5 Å². The van der Waals surface area contributed by atoms with Gasteiger partial charge in [-0.2, -0.15) is 0 Å². The molecule has 4 aromatic rings. The van der Waals surface area contributed by atoms with Crippen LogP contribution in [0, 0.1) is 6.92 Å². The van der Waals surface area contributed by atoms with E-state index in [-0.39, 0.29) is 11.6 Å². The van der Waals surface area contributed by atoms with Crippen LogP contribution in [0.5, 0.6) is 0 Å². The Balaban J connectivity index is 1.59. The Hall–Kier alpha value is -3.41. The summed E-state index contributed by atoms with van der Waals surface area (Å²) in [4.78, 5) is 22.9. The topological polar surface area (TPSA) is 51.6 Å². The van der Waals surface area contributed by atoms with E-state index in [9.17, 15) is 4.79 Å². The minimum Gasteiger partial charge on any atom is -0.402 e. The molecule has 0 atom stereocenters. The molecule has 32 heavy (non-hydrogen) atoms. The molecule has 1 aromatic heterocycles. The van der Waals surface area contributed by atoms with E-state index in [0.717, 1.165) is 26.4 Å². The maximum Gasteiger partial charge on any atom is 0.363 e. The molecule has 1 aliphatic heterocycles. The first kappa shape index (κ1) is 20.5. The number of halogens is 1. The highest BCUT2D eigenvalue weighted by molar-refractivity contribution is 7.99. The van der Waals surface area contributed by atoms with Crippen molar-refractivity contribution in [2.75, 3.05) is 0 Å². The minimum absolute atomic E-state index is 0.202. The molecule has 4 nitrogen and oxygen atoms in total. The van der Waals surface area contributed by atoms with Crippen molar-refractivity contribution in [3.05, 3.63) is 106 Å². The molecular formula is C26H17ClN2O2S. The normalized spacial score (nSPS) is 14.6. The van der Waals surface area contributed by atoms with Crippen molar-refractivity contribution in [2.24, 2.45) is 4.99 Å². The van der Waals surface area contributed by atoms with Crippen LogP contribution in [0.4, 0.5) is 0 Å². The summed E-state index contributed by atoms with van der Waals surface area (Å²) >= 11 is 7.79. The monoisotopic (exact) mass is 456 g/mol. The molecule has 3 aromatic carbocycles. The van der Waals surface area contributed by atoms with Gasteiger partial charge in [0.05, 0.1) is 16.1 Å². The van der Waals surface area contributed by atoms with Crippen molar-refractivity contribution in [3.63, 3.8) is 0 Å². The number of fused-ring (bicyclic) bond motifs is 1. The number of carbonyl (C=O) groups excluding carboxylic acids is 1. The molecule has 0 saturated heterocycles. The van der Waals surface area contributed by atoms with Crippen LogP contribution in [-0.4, -0.2) is 16.9 Å². The Morgan fingerprint density at radius 3 is 2.53 bits per heavy atom. The number of para-hydroxylation sites is 1. The standard InChI is InChI=1S/C26H17ClN2O2S/c1-16-10-12-19(13-11-16)32-25-18(14-17-6-2-5-9-22(17)29-25)15-23-26(30)31-24(28-23)20-7-3-4-8-21(20)27/h2-15H,1H3/b23-15+. The first-order valence-electron chi connectivity index (χ1n) is 9.98. The van der Waals surface area contributed by atoms with Gasteiger partial charge >= 0.3 is 5.97 Å². The van der Waals surface area contributed by atoms with E-state index in [2.05, 4.69) is 36.2 Å². The molecule has 0 fully saturated rings. The second-order valence-electron chi connectivity index (χ2n) is 7.31. The highest BCUT2D eigenvalue weighted by atomic mass is 35.5. The van der Waals surface area contributed by atoms with Gasteiger partial charge < -0.3 is 4.74 Å². The number of nitrogens with zero attached hydrogens (tertiary/aromatic N) is 2. The Bertz CT molecular complexity index is 1410. The van der Waals surface area contributed by atoms with Crippen molar-refractivity contribution in [1.82, 2.24) is 4.98 Å². The van der Waals surface area contributed by atoms with Crippen molar-refractivity contribution in [1.29, 1.82) is 0 Å². The number of cyclic esters (lactones) is 1. The summed E-state index contributed by atoms with van der Waals surface area (Å²) in [5.41, 5.74) is 3.67. The number of aliphatic imine (C=N–C) groups is 1. The lowest BCUT2D eigenvalue weighted by molar-refractivity contribution is -0.129. The summed E-state index contributed by atoms with van der Waals surface area (Å²) in [6.07, 6.45) is 1.72. The van der Waals surface area contributed by atoms with Crippen LogP contribution >= 0.6 is 23.4 Å². The lowest BCUT2D eigenvalue weighted by Crippen LogP contribution is -2.05. The Morgan fingerprint density at radius 2 is 1.72 bits per heavy atom. The third-order valence-corrected chi connectivity index (χ3v) is 6.33. The van der Waals surface area contributed by atoms with Gasteiger partial charge in [0.2, 0.25) is 5.90 Å². The highest BCUT2D eigenvalue weighted by Crippen LogP contribution is 2.33. The van der Waals surface area contributed by atoms with Crippen LogP contribution < -0.4 is 0 Å². The molecule has 0 radical (unpaired) electrons. The number of pyridine rings is 1. The van der Waals surface area contributed by atoms with Crippen molar-refractivity contribution >= 4 is 52.2 Å². The Morgan fingerprint density at radius 1 is 0.969 bits per heavy atom. The summed E-state index contributed by atoms with van der Waals surface area (Å²) in [6.45, 7) is 2.05. The Kier molecular flexibility index (Phi) is 5.52. The van der Waals surface area contributed by atoms with Crippen LogP contribution in [-0.2, 0) is 9.53 Å². The SMILES string of the molecule is Cc1ccc(Sc2nc3ccccc3cc2/C=C2/N=C(c3ccccc3Cl)OC2=O)cc1. The molecule has 0 bridgehead atoms. The van der Waals surface area contributed by atoms with Crippen molar-refractivity contribution in [3.8, 4) is 0 Å². The number of aryl methyl sites for hydroxylation is 1. The van der Waals surface area contributed by atoms with E-state index in [0.29, 0.717) is 10.6 Å². The second-order valence-corrected chi connectivity index (χ2v) is 8.78. The number of benzene rings is 3. The van der Waals surface area contributed by atoms with Gasteiger partial charge in [-0.3, -0.25) is 0 Å². The van der Waals surface area contributed by atoms with Crippen LogP contribution in [0.2, 0.25) is 5.02 Å². The summed E-state index contributed by atoms with van der Waals surface area (Å²) < 4.78 is 5.40. The van der Waals surface area contributed by atoms with E-state index >= 15 is 0 Å². The van der Waals surface area contributed by atoms with Gasteiger partial charge in [0.15, 0.2) is 5.70 Å². The van der Waals surface area contributed by atoms with E-state index in [1.807, 2.05) is 42.5 Å². The fourth-order valence-corrected chi connectivity index (χ4v) is 4.42. The lowest BCUT2D eigenvalue weighted by atomic mass is 10.1. The predicted molar refractivity (Wildman–Crippen MR) is 129 cm³/mol. The van der Waals surface area contributed by atoms with Crippen LogP contribution in [0.25, 0.3) is 17.0 Å². The molecule has 5 rings (SSSR count). The molecule has 0 spiro atoms. The number of carbonyl (C=O) groups is 1. The maximum absolute atomic E-state index is 12.6. The highest BCUT2D eigenvalue weighted by Gasteiger charge is 2.26. The number of ether oxygens (including phenoxy) is 1. The quantitative estimate of drug-likeness (QED) is 0.253. The molecule has 2 heterocycles. The number of hydrogen-bond acceptors (Lipinski definition) is 5. The van der Waals surface area contributed by atoms with Gasteiger partial charge in [0.25, 0.3) is 0 Å². The first-order chi connectivity index (χ1) is 15.6. The molecule has 0 saturated carbocycles. The van der Waals surface area contributed by atoms with Gasteiger partial charge in [-0.1, -0.05) is 71.4 Å². The third-order valence-electron chi connectivity index (χ3n) is 4.97. The molecule has 0 unspecified atom stereocenters. The number of aromatic nitrogens is 1. The zero-order valence-corrected chi connectivity index (χ0v) is 18.7. The molecule has 0 amide bonds. The van der Waals surface area contributed by atoms with Gasteiger partial charge in [0, 0.05) is 15.8 Å². The van der Waals surface area contributed by atoms with Gasteiger partial charge in [-0.15, -0.1) is 0 Å². The number of hydrogen-bond donors (Lipinski definition) is 0. The van der Waals surface area contributed by atoms with Crippen molar-refractivity contribution in [2.45, 2.75) is 16.8 Å². The summed E-state index contributed by atoms with van der Waals surface area (Å²) in [5.74, 6) is -0.312. The van der Waals surface area contributed by atoms with E-state index in [4.69, 9.17) is 21.3 Å².